The number of piperazine rings is 1. The molecule has 4 atom stereocenters. The maximum absolute atomic E-state index is 13.4. The summed E-state index contributed by atoms with van der Waals surface area (Å²) < 4.78 is 40.1. The highest BCUT2D eigenvalue weighted by molar-refractivity contribution is 5.86. The number of likely N-dealkylation sites (N-methyl/N-ethyl adjacent to an activating group) is 1. The number of rotatable bonds is 7. The molecule has 0 aromatic heterocycles. The number of nitrogens with zero attached hydrogens (tertiary/aromatic N) is 3. The highest BCUT2D eigenvalue weighted by Crippen LogP contribution is 2.43. The standard InChI is InChI=1S/C30H38F3N5O/c1-21-15-26(30(31,32)33)18-29(35,17-21)28(39)36-27(19-34)16-22-3-7-24(8-4-22)25-9-5-23(6-10-25)20-38-13-11-37(2)12-14-38/h3-10,21,26-27H,11-18,20,35H2,1-2H3,(H,36,39)/t21?,26?,27-,29?/m0/s1. The molecule has 1 saturated carbocycles. The van der Waals surface area contributed by atoms with Gasteiger partial charge in [0.2, 0.25) is 5.91 Å². The molecule has 4 rings (SSSR count). The van der Waals surface area contributed by atoms with E-state index in [0.717, 1.165) is 49.4 Å². The Hall–Kier alpha value is -2.93. The van der Waals surface area contributed by atoms with Crippen LogP contribution < -0.4 is 11.1 Å². The molecule has 1 aliphatic heterocycles. The van der Waals surface area contributed by atoms with Gasteiger partial charge in [-0.25, -0.2) is 0 Å². The van der Waals surface area contributed by atoms with E-state index in [1.165, 1.54) is 5.56 Å². The van der Waals surface area contributed by atoms with Crippen LogP contribution in [0.3, 0.4) is 0 Å². The van der Waals surface area contributed by atoms with Crippen molar-refractivity contribution in [2.45, 2.75) is 56.9 Å². The minimum Gasteiger partial charge on any atom is -0.338 e. The molecule has 0 radical (unpaired) electrons. The Bertz CT molecular complexity index is 1150. The SMILES string of the molecule is CC1CC(C(F)(F)F)CC(N)(C(=O)N[C@H](C#N)Cc2ccc(-c3ccc(CN4CCN(C)CC4)cc3)cc2)C1. The Balaban J connectivity index is 1.34. The second-order valence-corrected chi connectivity index (χ2v) is 11.5. The summed E-state index contributed by atoms with van der Waals surface area (Å²) in [6.45, 7) is 6.94. The average molecular weight is 542 g/mol. The smallest absolute Gasteiger partial charge is 0.338 e. The highest BCUT2D eigenvalue weighted by atomic mass is 19.4. The van der Waals surface area contributed by atoms with Crippen molar-refractivity contribution in [2.75, 3.05) is 33.2 Å². The summed E-state index contributed by atoms with van der Waals surface area (Å²) >= 11 is 0. The topological polar surface area (TPSA) is 85.4 Å². The van der Waals surface area contributed by atoms with E-state index in [-0.39, 0.29) is 25.2 Å². The quantitative estimate of drug-likeness (QED) is 0.545. The molecule has 1 heterocycles. The number of halogens is 3. The van der Waals surface area contributed by atoms with Crippen LogP contribution >= 0.6 is 0 Å². The lowest BCUT2D eigenvalue weighted by Crippen LogP contribution is -2.60. The fraction of sp³-hybridized carbons (Fsp3) is 0.533. The molecule has 6 nitrogen and oxygen atoms in total. The van der Waals surface area contributed by atoms with Crippen molar-refractivity contribution < 1.29 is 18.0 Å². The van der Waals surface area contributed by atoms with Crippen molar-refractivity contribution in [1.82, 2.24) is 15.1 Å². The van der Waals surface area contributed by atoms with E-state index in [0.29, 0.717) is 0 Å². The van der Waals surface area contributed by atoms with Crippen LogP contribution in [0.4, 0.5) is 13.2 Å². The van der Waals surface area contributed by atoms with Gasteiger partial charge in [0.25, 0.3) is 0 Å². The third-order valence-corrected chi connectivity index (χ3v) is 8.07. The molecule has 9 heteroatoms. The van der Waals surface area contributed by atoms with Gasteiger partial charge in [0.15, 0.2) is 0 Å². The van der Waals surface area contributed by atoms with Gasteiger partial charge in [0, 0.05) is 39.1 Å². The van der Waals surface area contributed by atoms with Gasteiger partial charge in [-0.05, 0) is 54.5 Å². The number of nitriles is 1. The summed E-state index contributed by atoms with van der Waals surface area (Å²) in [5, 5.41) is 12.3. The van der Waals surface area contributed by atoms with Crippen molar-refractivity contribution >= 4 is 5.91 Å². The average Bonchev–Trinajstić information content (AvgIpc) is 2.89. The van der Waals surface area contributed by atoms with Crippen LogP contribution in [-0.2, 0) is 17.8 Å². The van der Waals surface area contributed by atoms with Crippen LogP contribution in [0.25, 0.3) is 11.1 Å². The zero-order valence-corrected chi connectivity index (χ0v) is 22.7. The number of alkyl halides is 3. The number of nitrogens with one attached hydrogen (secondary N) is 1. The number of carbonyl (C=O) groups excluding carboxylic acids is 1. The van der Waals surface area contributed by atoms with E-state index in [1.54, 1.807) is 6.92 Å². The van der Waals surface area contributed by atoms with Crippen LogP contribution in [0, 0.1) is 23.2 Å². The Morgan fingerprint density at radius 2 is 1.62 bits per heavy atom. The molecule has 3 unspecified atom stereocenters. The fourth-order valence-electron chi connectivity index (χ4n) is 5.80. The summed E-state index contributed by atoms with van der Waals surface area (Å²) in [5.41, 5.74) is 8.80. The Kier molecular flexibility index (Phi) is 9.00. The molecule has 2 aliphatic rings. The molecule has 210 valence electrons. The summed E-state index contributed by atoms with van der Waals surface area (Å²) in [5.74, 6) is -2.65. The third kappa shape index (κ3) is 7.59. The van der Waals surface area contributed by atoms with E-state index >= 15 is 0 Å². The predicted octanol–water partition coefficient (Wildman–Crippen LogP) is 4.35. The van der Waals surface area contributed by atoms with Gasteiger partial charge < -0.3 is 16.0 Å². The van der Waals surface area contributed by atoms with Gasteiger partial charge in [0.1, 0.15) is 6.04 Å². The molecule has 1 saturated heterocycles. The second-order valence-electron chi connectivity index (χ2n) is 11.5. The van der Waals surface area contributed by atoms with Gasteiger partial charge in [0.05, 0.1) is 17.5 Å². The molecule has 3 N–H and O–H groups in total. The molecular formula is C30H38F3N5O. The number of hydrogen-bond donors (Lipinski definition) is 2. The molecular weight excluding hydrogens is 503 g/mol. The van der Waals surface area contributed by atoms with Gasteiger partial charge in [-0.2, -0.15) is 18.4 Å². The first-order valence-electron chi connectivity index (χ1n) is 13.6. The molecule has 1 aliphatic carbocycles. The van der Waals surface area contributed by atoms with Crippen molar-refractivity contribution in [2.24, 2.45) is 17.6 Å². The lowest BCUT2D eigenvalue weighted by atomic mass is 9.70. The van der Waals surface area contributed by atoms with Crippen LogP contribution in [0.15, 0.2) is 48.5 Å². The molecule has 2 aromatic rings. The molecule has 2 aromatic carbocycles. The van der Waals surface area contributed by atoms with E-state index in [2.05, 4.69) is 52.5 Å². The zero-order valence-electron chi connectivity index (χ0n) is 22.7. The van der Waals surface area contributed by atoms with Gasteiger partial charge in [-0.1, -0.05) is 55.5 Å². The molecule has 0 bridgehead atoms. The summed E-state index contributed by atoms with van der Waals surface area (Å²) in [4.78, 5) is 17.7. The highest BCUT2D eigenvalue weighted by Gasteiger charge is 2.51. The van der Waals surface area contributed by atoms with Crippen molar-refractivity contribution in [3.8, 4) is 17.2 Å². The number of carbonyl (C=O) groups is 1. The van der Waals surface area contributed by atoms with Crippen LogP contribution in [0.1, 0.15) is 37.3 Å². The molecule has 39 heavy (non-hydrogen) atoms. The predicted molar refractivity (Wildman–Crippen MR) is 145 cm³/mol. The normalized spacial score (nSPS) is 25.6. The first-order chi connectivity index (χ1) is 18.4. The molecule has 2 fully saturated rings. The summed E-state index contributed by atoms with van der Waals surface area (Å²) in [7, 11) is 2.15. The lowest BCUT2D eigenvalue weighted by Gasteiger charge is -2.40. The Labute approximate surface area is 229 Å². The van der Waals surface area contributed by atoms with E-state index in [4.69, 9.17) is 5.73 Å². The largest absolute Gasteiger partial charge is 0.391 e. The van der Waals surface area contributed by atoms with E-state index in [9.17, 15) is 23.2 Å². The van der Waals surface area contributed by atoms with Crippen LogP contribution in [-0.4, -0.2) is 66.7 Å². The first kappa shape index (κ1) is 29.1. The van der Waals surface area contributed by atoms with Crippen molar-refractivity contribution in [3.05, 3.63) is 59.7 Å². The van der Waals surface area contributed by atoms with Crippen LogP contribution in [0.2, 0.25) is 0 Å². The monoisotopic (exact) mass is 541 g/mol. The lowest BCUT2D eigenvalue weighted by molar-refractivity contribution is -0.191. The number of amides is 1. The third-order valence-electron chi connectivity index (χ3n) is 8.07. The van der Waals surface area contributed by atoms with Crippen LogP contribution in [0.5, 0.6) is 0 Å². The Morgan fingerprint density at radius 3 is 2.15 bits per heavy atom. The summed E-state index contributed by atoms with van der Waals surface area (Å²) in [6, 6.07) is 17.5. The summed E-state index contributed by atoms with van der Waals surface area (Å²) in [6.07, 6.45) is -4.51. The van der Waals surface area contributed by atoms with Gasteiger partial charge in [-0.3, -0.25) is 9.69 Å². The second kappa shape index (κ2) is 12.1. The van der Waals surface area contributed by atoms with Crippen molar-refractivity contribution in [3.63, 3.8) is 0 Å². The number of benzene rings is 2. The van der Waals surface area contributed by atoms with Gasteiger partial charge >= 0.3 is 6.18 Å². The zero-order chi connectivity index (χ0) is 28.2. The van der Waals surface area contributed by atoms with Crippen molar-refractivity contribution in [1.29, 1.82) is 5.26 Å². The van der Waals surface area contributed by atoms with E-state index < -0.39 is 36.0 Å². The van der Waals surface area contributed by atoms with E-state index in [1.807, 2.05) is 24.3 Å². The molecule has 1 amide bonds. The maximum atomic E-state index is 13.4. The maximum Gasteiger partial charge on any atom is 0.391 e. The number of nitrogens with two attached hydrogens (primary N) is 1. The van der Waals surface area contributed by atoms with Gasteiger partial charge in [-0.15, -0.1) is 0 Å². The first-order valence-corrected chi connectivity index (χ1v) is 13.6. The number of hydrogen-bond acceptors (Lipinski definition) is 5. The minimum atomic E-state index is -4.40. The molecule has 0 spiro atoms. The Morgan fingerprint density at radius 1 is 1.05 bits per heavy atom. The fourth-order valence-corrected chi connectivity index (χ4v) is 5.80. The minimum absolute atomic E-state index is 0.0389.